The van der Waals surface area contributed by atoms with E-state index in [1.165, 1.54) is 17.5 Å². The molecule has 0 heterocycles. The van der Waals surface area contributed by atoms with Crippen LogP contribution in [-0.2, 0) is 0 Å². The van der Waals surface area contributed by atoms with Crippen LogP contribution >= 0.6 is 0 Å². The molecule has 0 amide bonds. The molecule has 0 radical (unpaired) electrons. The Morgan fingerprint density at radius 3 is 1.93 bits per heavy atom. The molecule has 0 saturated carbocycles. The Labute approximate surface area is 94.7 Å². The fraction of sp³-hybridized carbons (Fsp3) is 0.600. The maximum Gasteiger partial charge on any atom is -0.0160 e. The predicted molar refractivity (Wildman–Crippen MR) is 68.2 cm³/mol. The molecular formula is C15H24. The predicted octanol–water partition coefficient (Wildman–Crippen LogP) is 4.78. The van der Waals surface area contributed by atoms with Gasteiger partial charge in [-0.2, -0.15) is 0 Å². The Kier molecular flexibility index (Phi) is 4.38. The Morgan fingerprint density at radius 2 is 1.53 bits per heavy atom. The summed E-state index contributed by atoms with van der Waals surface area (Å²) in [5.74, 6) is 2.25. The van der Waals surface area contributed by atoms with E-state index in [1.807, 2.05) is 0 Å². The zero-order valence-corrected chi connectivity index (χ0v) is 10.7. The molecule has 0 nitrogen and oxygen atoms in total. The summed E-state index contributed by atoms with van der Waals surface area (Å²) in [7, 11) is 0. The van der Waals surface area contributed by atoms with E-state index in [4.69, 9.17) is 0 Å². The minimum Gasteiger partial charge on any atom is -0.0651 e. The number of aryl methyl sites for hydroxylation is 1. The van der Waals surface area contributed by atoms with Gasteiger partial charge in [-0.05, 0) is 30.2 Å². The molecule has 0 saturated heterocycles. The zero-order valence-electron chi connectivity index (χ0n) is 10.7. The molecule has 0 aliphatic heterocycles. The van der Waals surface area contributed by atoms with Gasteiger partial charge in [0.1, 0.15) is 0 Å². The Morgan fingerprint density at radius 1 is 1.00 bits per heavy atom. The Bertz CT molecular complexity index is 281. The van der Waals surface area contributed by atoms with Crippen LogP contribution in [0.15, 0.2) is 24.3 Å². The van der Waals surface area contributed by atoms with E-state index >= 15 is 0 Å². The summed E-state index contributed by atoms with van der Waals surface area (Å²) < 4.78 is 0. The summed E-state index contributed by atoms with van der Waals surface area (Å²) in [4.78, 5) is 0. The summed E-state index contributed by atoms with van der Waals surface area (Å²) in [6.45, 7) is 11.5. The third kappa shape index (κ3) is 3.09. The first-order valence-corrected chi connectivity index (χ1v) is 6.12. The largest absolute Gasteiger partial charge is 0.0651 e. The molecule has 0 fully saturated rings. The van der Waals surface area contributed by atoms with Crippen LogP contribution in [0.4, 0.5) is 0 Å². The van der Waals surface area contributed by atoms with Crippen molar-refractivity contribution in [1.29, 1.82) is 0 Å². The van der Waals surface area contributed by atoms with Crippen LogP contribution in [0.1, 0.15) is 51.2 Å². The lowest BCUT2D eigenvalue weighted by Crippen LogP contribution is -2.15. The van der Waals surface area contributed by atoms with Crippen molar-refractivity contribution in [3.8, 4) is 0 Å². The fourth-order valence-corrected chi connectivity index (χ4v) is 2.52. The van der Waals surface area contributed by atoms with E-state index in [-0.39, 0.29) is 0 Å². The summed E-state index contributed by atoms with van der Waals surface area (Å²) in [6.07, 6.45) is 1.27. The van der Waals surface area contributed by atoms with E-state index in [0.717, 1.165) is 11.8 Å². The monoisotopic (exact) mass is 204 g/mol. The standard InChI is InChI=1S/C15H24/c1-6-15(11(2)3)13(5)14-9-7-12(4)8-10-14/h7-11,13,15H,6H2,1-5H3. The second kappa shape index (κ2) is 5.34. The number of rotatable bonds is 4. The van der Waals surface area contributed by atoms with Crippen LogP contribution in [0.3, 0.4) is 0 Å². The first-order chi connectivity index (χ1) is 7.06. The third-order valence-corrected chi connectivity index (χ3v) is 3.57. The van der Waals surface area contributed by atoms with Crippen molar-refractivity contribution >= 4 is 0 Å². The highest BCUT2D eigenvalue weighted by molar-refractivity contribution is 5.24. The third-order valence-electron chi connectivity index (χ3n) is 3.57. The van der Waals surface area contributed by atoms with Gasteiger partial charge in [-0.15, -0.1) is 0 Å². The van der Waals surface area contributed by atoms with Crippen LogP contribution in [0.5, 0.6) is 0 Å². The van der Waals surface area contributed by atoms with Crippen molar-refractivity contribution in [2.75, 3.05) is 0 Å². The second-order valence-corrected chi connectivity index (χ2v) is 5.02. The van der Waals surface area contributed by atoms with Gasteiger partial charge in [0.2, 0.25) is 0 Å². The topological polar surface area (TPSA) is 0 Å². The summed E-state index contributed by atoms with van der Waals surface area (Å²) in [6, 6.07) is 9.01. The van der Waals surface area contributed by atoms with E-state index < -0.39 is 0 Å². The van der Waals surface area contributed by atoms with Crippen molar-refractivity contribution in [3.05, 3.63) is 35.4 Å². The van der Waals surface area contributed by atoms with Crippen molar-refractivity contribution in [3.63, 3.8) is 0 Å². The highest BCUT2D eigenvalue weighted by atomic mass is 14.2. The molecule has 15 heavy (non-hydrogen) atoms. The van der Waals surface area contributed by atoms with Gasteiger partial charge in [0.25, 0.3) is 0 Å². The maximum absolute atomic E-state index is 2.36. The van der Waals surface area contributed by atoms with Crippen molar-refractivity contribution in [2.45, 2.75) is 47.0 Å². The Balaban J connectivity index is 2.82. The van der Waals surface area contributed by atoms with E-state index in [9.17, 15) is 0 Å². The Hall–Kier alpha value is -0.780. The van der Waals surface area contributed by atoms with E-state index in [1.54, 1.807) is 0 Å². The molecule has 1 aromatic carbocycles. The molecule has 0 N–H and O–H groups in total. The second-order valence-electron chi connectivity index (χ2n) is 5.02. The molecule has 0 heteroatoms. The smallest absolute Gasteiger partial charge is 0.0160 e. The molecular weight excluding hydrogens is 180 g/mol. The van der Waals surface area contributed by atoms with Crippen molar-refractivity contribution < 1.29 is 0 Å². The van der Waals surface area contributed by atoms with Gasteiger partial charge >= 0.3 is 0 Å². The minimum atomic E-state index is 0.676. The van der Waals surface area contributed by atoms with Crippen LogP contribution in [0, 0.1) is 18.8 Å². The lowest BCUT2D eigenvalue weighted by Gasteiger charge is -2.26. The van der Waals surface area contributed by atoms with Crippen molar-refractivity contribution in [1.82, 2.24) is 0 Å². The summed E-state index contributed by atoms with van der Waals surface area (Å²) >= 11 is 0. The first-order valence-electron chi connectivity index (χ1n) is 6.12. The molecule has 2 atom stereocenters. The highest BCUT2D eigenvalue weighted by Crippen LogP contribution is 2.32. The van der Waals surface area contributed by atoms with Gasteiger partial charge in [0.15, 0.2) is 0 Å². The summed E-state index contributed by atoms with van der Waals surface area (Å²) in [5.41, 5.74) is 2.84. The van der Waals surface area contributed by atoms with E-state index in [0.29, 0.717) is 5.92 Å². The van der Waals surface area contributed by atoms with Crippen molar-refractivity contribution in [2.24, 2.45) is 11.8 Å². The molecule has 1 rings (SSSR count). The SMILES string of the molecule is CCC(C(C)C)C(C)c1ccc(C)cc1. The van der Waals surface area contributed by atoms with Crippen LogP contribution in [0.25, 0.3) is 0 Å². The fourth-order valence-electron chi connectivity index (χ4n) is 2.52. The first kappa shape index (κ1) is 12.3. The minimum absolute atomic E-state index is 0.676. The molecule has 1 aromatic rings. The molecule has 2 unspecified atom stereocenters. The molecule has 0 spiro atoms. The number of hydrogen-bond acceptors (Lipinski definition) is 0. The van der Waals surface area contributed by atoms with Crippen LogP contribution in [0.2, 0.25) is 0 Å². The maximum atomic E-state index is 2.36. The van der Waals surface area contributed by atoms with E-state index in [2.05, 4.69) is 58.9 Å². The summed E-state index contributed by atoms with van der Waals surface area (Å²) in [5, 5.41) is 0. The number of hydrogen-bond donors (Lipinski definition) is 0. The van der Waals surface area contributed by atoms with Gasteiger partial charge in [-0.25, -0.2) is 0 Å². The number of benzene rings is 1. The molecule has 0 aliphatic rings. The van der Waals surface area contributed by atoms with Crippen LogP contribution < -0.4 is 0 Å². The van der Waals surface area contributed by atoms with Gasteiger partial charge in [-0.3, -0.25) is 0 Å². The molecule has 84 valence electrons. The highest BCUT2D eigenvalue weighted by Gasteiger charge is 2.19. The lowest BCUT2D eigenvalue weighted by atomic mass is 9.79. The average Bonchev–Trinajstić information content (AvgIpc) is 2.19. The molecule has 0 aliphatic carbocycles. The van der Waals surface area contributed by atoms with Gasteiger partial charge < -0.3 is 0 Å². The van der Waals surface area contributed by atoms with Gasteiger partial charge in [-0.1, -0.05) is 63.9 Å². The quantitative estimate of drug-likeness (QED) is 0.662. The molecule has 0 aromatic heterocycles. The zero-order chi connectivity index (χ0) is 11.4. The lowest BCUT2D eigenvalue weighted by molar-refractivity contribution is 0.321. The van der Waals surface area contributed by atoms with Crippen LogP contribution in [-0.4, -0.2) is 0 Å². The average molecular weight is 204 g/mol. The normalized spacial score (nSPS) is 15.3. The van der Waals surface area contributed by atoms with Gasteiger partial charge in [0.05, 0.1) is 0 Å². The molecule has 0 bridgehead atoms. The van der Waals surface area contributed by atoms with Gasteiger partial charge in [0, 0.05) is 0 Å².